The molecule has 0 amide bonds. The van der Waals surface area contributed by atoms with Crippen LogP contribution in [0.25, 0.3) is 0 Å². The van der Waals surface area contributed by atoms with Gasteiger partial charge in [-0.25, -0.2) is 0 Å². The number of rotatable bonds is 4. The van der Waals surface area contributed by atoms with Crippen LogP contribution in [0.3, 0.4) is 0 Å². The highest BCUT2D eigenvalue weighted by Crippen LogP contribution is 2.27. The molecular weight excluding hydrogens is 148 g/mol. The fourth-order valence-electron chi connectivity index (χ4n) is 2.12. The highest BCUT2D eigenvalue weighted by molar-refractivity contribution is 5.75. The number of Topliss-reactive ketones (excluding diaryl/α,β-unsaturated/α-hetero) is 1. The molecule has 12 heavy (non-hydrogen) atoms. The van der Waals surface area contributed by atoms with Gasteiger partial charge in [-0.15, -0.1) is 0 Å². The lowest BCUT2D eigenvalue weighted by Crippen LogP contribution is -2.06. The average Bonchev–Trinajstić information content (AvgIpc) is 2.05. The second-order valence-corrected chi connectivity index (χ2v) is 4.10. The van der Waals surface area contributed by atoms with Crippen LogP contribution in [0, 0.1) is 5.92 Å². The molecule has 0 bridgehead atoms. The van der Waals surface area contributed by atoms with Crippen LogP contribution in [0.4, 0.5) is 0 Å². The summed E-state index contributed by atoms with van der Waals surface area (Å²) in [4.78, 5) is 10.7. The van der Waals surface area contributed by atoms with E-state index >= 15 is 0 Å². The first-order valence-electron chi connectivity index (χ1n) is 5.28. The molecule has 1 aliphatic carbocycles. The summed E-state index contributed by atoms with van der Waals surface area (Å²) in [5.41, 5.74) is 0. The van der Waals surface area contributed by atoms with Crippen molar-refractivity contribution in [3.63, 3.8) is 0 Å². The van der Waals surface area contributed by atoms with Crippen LogP contribution in [0.1, 0.15) is 58.3 Å². The first kappa shape index (κ1) is 9.76. The molecule has 0 aromatic rings. The maximum absolute atomic E-state index is 10.7. The van der Waals surface area contributed by atoms with Gasteiger partial charge >= 0.3 is 0 Å². The van der Waals surface area contributed by atoms with E-state index in [4.69, 9.17) is 0 Å². The van der Waals surface area contributed by atoms with Gasteiger partial charge in [0.2, 0.25) is 0 Å². The van der Waals surface area contributed by atoms with Crippen molar-refractivity contribution in [2.45, 2.75) is 58.3 Å². The van der Waals surface area contributed by atoms with E-state index in [1.165, 1.54) is 38.5 Å². The molecule has 1 aliphatic rings. The van der Waals surface area contributed by atoms with Gasteiger partial charge in [-0.3, -0.25) is 0 Å². The predicted molar refractivity (Wildman–Crippen MR) is 51.1 cm³/mol. The van der Waals surface area contributed by atoms with Crippen LogP contribution in [0.15, 0.2) is 0 Å². The third kappa shape index (κ3) is 3.89. The molecule has 0 aromatic carbocycles. The highest BCUT2D eigenvalue weighted by Gasteiger charge is 2.12. The van der Waals surface area contributed by atoms with Crippen LogP contribution in [-0.4, -0.2) is 5.78 Å². The van der Waals surface area contributed by atoms with Crippen LogP contribution >= 0.6 is 0 Å². The lowest BCUT2D eigenvalue weighted by atomic mass is 9.85. The molecule has 0 N–H and O–H groups in total. The molecular formula is C11H20O. The van der Waals surface area contributed by atoms with Gasteiger partial charge < -0.3 is 4.79 Å². The smallest absolute Gasteiger partial charge is 0.129 e. The second-order valence-electron chi connectivity index (χ2n) is 4.10. The van der Waals surface area contributed by atoms with Gasteiger partial charge in [0.25, 0.3) is 0 Å². The van der Waals surface area contributed by atoms with Crippen molar-refractivity contribution >= 4 is 5.78 Å². The quantitative estimate of drug-likeness (QED) is 0.629. The van der Waals surface area contributed by atoms with Gasteiger partial charge in [-0.2, -0.15) is 0 Å². The number of carbonyl (C=O) groups excluding carboxylic acids is 1. The number of ketones is 1. The summed E-state index contributed by atoms with van der Waals surface area (Å²) >= 11 is 0. The summed E-state index contributed by atoms with van der Waals surface area (Å²) in [7, 11) is 0. The van der Waals surface area contributed by atoms with Crippen molar-refractivity contribution in [3.8, 4) is 0 Å². The zero-order valence-corrected chi connectivity index (χ0v) is 8.14. The SMILES string of the molecule is CC(=O)CCCC1CCCCC1. The Morgan fingerprint density at radius 1 is 1.25 bits per heavy atom. The molecule has 0 spiro atoms. The van der Waals surface area contributed by atoms with Crippen molar-refractivity contribution < 1.29 is 4.79 Å². The minimum Gasteiger partial charge on any atom is -0.300 e. The molecule has 0 radical (unpaired) electrons. The van der Waals surface area contributed by atoms with Gasteiger partial charge in [0.1, 0.15) is 5.78 Å². The Kier molecular flexibility index (Phi) is 4.34. The monoisotopic (exact) mass is 168 g/mol. The van der Waals surface area contributed by atoms with E-state index in [1.807, 2.05) is 0 Å². The number of carbonyl (C=O) groups is 1. The lowest BCUT2D eigenvalue weighted by Gasteiger charge is -2.20. The molecule has 0 atom stereocenters. The van der Waals surface area contributed by atoms with Crippen LogP contribution in [0.5, 0.6) is 0 Å². The maximum atomic E-state index is 10.7. The van der Waals surface area contributed by atoms with Crippen LogP contribution < -0.4 is 0 Å². The first-order valence-corrected chi connectivity index (χ1v) is 5.28. The van der Waals surface area contributed by atoms with E-state index in [0.717, 1.165) is 18.8 Å². The fourth-order valence-corrected chi connectivity index (χ4v) is 2.12. The molecule has 0 saturated heterocycles. The summed E-state index contributed by atoms with van der Waals surface area (Å²) in [6.45, 7) is 1.70. The first-order chi connectivity index (χ1) is 5.79. The van der Waals surface area contributed by atoms with Crippen molar-refractivity contribution in [2.75, 3.05) is 0 Å². The van der Waals surface area contributed by atoms with E-state index in [-0.39, 0.29) is 0 Å². The van der Waals surface area contributed by atoms with Gasteiger partial charge in [0.15, 0.2) is 0 Å². The average molecular weight is 168 g/mol. The van der Waals surface area contributed by atoms with Gasteiger partial charge in [-0.1, -0.05) is 38.5 Å². The van der Waals surface area contributed by atoms with Crippen molar-refractivity contribution in [2.24, 2.45) is 5.92 Å². The van der Waals surface area contributed by atoms with E-state index < -0.39 is 0 Å². The lowest BCUT2D eigenvalue weighted by molar-refractivity contribution is -0.117. The molecule has 1 fully saturated rings. The molecule has 0 heterocycles. The van der Waals surface area contributed by atoms with E-state index in [2.05, 4.69) is 0 Å². The molecule has 1 rings (SSSR count). The van der Waals surface area contributed by atoms with E-state index in [0.29, 0.717) is 5.78 Å². The largest absolute Gasteiger partial charge is 0.300 e. The minimum absolute atomic E-state index is 0.353. The molecule has 1 saturated carbocycles. The van der Waals surface area contributed by atoms with Crippen LogP contribution in [-0.2, 0) is 4.79 Å². The topological polar surface area (TPSA) is 17.1 Å². The summed E-state index contributed by atoms with van der Waals surface area (Å²) < 4.78 is 0. The minimum atomic E-state index is 0.353. The summed E-state index contributed by atoms with van der Waals surface area (Å²) in [5, 5.41) is 0. The fraction of sp³-hybridized carbons (Fsp3) is 0.909. The van der Waals surface area contributed by atoms with Gasteiger partial charge in [0.05, 0.1) is 0 Å². The molecule has 70 valence electrons. The number of hydrogen-bond donors (Lipinski definition) is 0. The Morgan fingerprint density at radius 2 is 1.92 bits per heavy atom. The van der Waals surface area contributed by atoms with Crippen molar-refractivity contribution in [1.29, 1.82) is 0 Å². The molecule has 0 unspecified atom stereocenters. The molecule has 0 aliphatic heterocycles. The molecule has 0 aromatic heterocycles. The Labute approximate surface area is 75.5 Å². The van der Waals surface area contributed by atoms with E-state index in [9.17, 15) is 4.79 Å². The van der Waals surface area contributed by atoms with E-state index in [1.54, 1.807) is 6.92 Å². The standard InChI is InChI=1S/C11H20O/c1-10(12)6-5-9-11-7-3-2-4-8-11/h11H,2-9H2,1H3. The Morgan fingerprint density at radius 3 is 2.50 bits per heavy atom. The predicted octanol–water partition coefficient (Wildman–Crippen LogP) is 3.33. The van der Waals surface area contributed by atoms with Gasteiger partial charge in [-0.05, 0) is 19.3 Å². The Balaban J connectivity index is 2.01. The summed E-state index contributed by atoms with van der Waals surface area (Å²) in [6.07, 6.45) is 10.3. The molecule has 1 heteroatoms. The Bertz CT molecular complexity index is 134. The van der Waals surface area contributed by atoms with Crippen molar-refractivity contribution in [1.82, 2.24) is 0 Å². The third-order valence-electron chi connectivity index (χ3n) is 2.87. The van der Waals surface area contributed by atoms with Crippen LogP contribution in [0.2, 0.25) is 0 Å². The molecule has 1 nitrogen and oxygen atoms in total. The number of hydrogen-bond acceptors (Lipinski definition) is 1. The van der Waals surface area contributed by atoms with Crippen molar-refractivity contribution in [3.05, 3.63) is 0 Å². The highest BCUT2D eigenvalue weighted by atomic mass is 16.1. The normalized spacial score (nSPS) is 19.4. The summed E-state index contributed by atoms with van der Waals surface area (Å²) in [6, 6.07) is 0. The Hall–Kier alpha value is -0.330. The maximum Gasteiger partial charge on any atom is 0.129 e. The zero-order valence-electron chi connectivity index (χ0n) is 8.14. The third-order valence-corrected chi connectivity index (χ3v) is 2.87. The van der Waals surface area contributed by atoms with Gasteiger partial charge in [0, 0.05) is 6.42 Å². The zero-order chi connectivity index (χ0) is 8.81. The summed E-state index contributed by atoms with van der Waals surface area (Å²) in [5.74, 6) is 1.30. The second kappa shape index (κ2) is 5.34.